The average Bonchev–Trinajstić information content (AvgIpc) is 2.56. The van der Waals surface area contributed by atoms with Crippen molar-refractivity contribution in [2.24, 2.45) is 0 Å². The van der Waals surface area contributed by atoms with E-state index in [9.17, 15) is 9.59 Å². The van der Waals surface area contributed by atoms with Gasteiger partial charge in [0.1, 0.15) is 0 Å². The van der Waals surface area contributed by atoms with Crippen LogP contribution in [0.5, 0.6) is 0 Å². The maximum absolute atomic E-state index is 12.4. The van der Waals surface area contributed by atoms with E-state index >= 15 is 0 Å². The van der Waals surface area contributed by atoms with Crippen LogP contribution < -0.4 is 8.92 Å². The van der Waals surface area contributed by atoms with E-state index in [1.54, 1.807) is 0 Å². The van der Waals surface area contributed by atoms with Crippen molar-refractivity contribution in [2.45, 2.75) is 25.7 Å². The Morgan fingerprint density at radius 1 is 0.636 bits per heavy atom. The number of hydrogen-bond donors (Lipinski definition) is 0. The summed E-state index contributed by atoms with van der Waals surface area (Å²) in [6, 6.07) is 16.0. The molecule has 2 nitrogen and oxygen atoms in total. The van der Waals surface area contributed by atoms with Gasteiger partial charge in [0.15, 0.2) is 0 Å². The quantitative estimate of drug-likeness (QED) is 0.608. The van der Waals surface area contributed by atoms with Gasteiger partial charge in [0.2, 0.25) is 0 Å². The van der Waals surface area contributed by atoms with Crippen molar-refractivity contribution < 1.29 is 9.59 Å². The molecule has 0 bridgehead atoms. The summed E-state index contributed by atoms with van der Waals surface area (Å²) in [7, 11) is 0. The van der Waals surface area contributed by atoms with Gasteiger partial charge in [-0.2, -0.15) is 0 Å². The Hall–Kier alpha value is -1.18. The zero-order chi connectivity index (χ0) is 15.4. The molecule has 0 aromatic heterocycles. The average molecular weight is 422 g/mol. The van der Waals surface area contributed by atoms with Crippen molar-refractivity contribution >= 4 is 46.8 Å². The van der Waals surface area contributed by atoms with E-state index in [0.29, 0.717) is 12.8 Å². The van der Waals surface area contributed by atoms with Crippen molar-refractivity contribution in [1.82, 2.24) is 0 Å². The van der Waals surface area contributed by atoms with Gasteiger partial charge in [0.05, 0.1) is 0 Å². The molecule has 1 heterocycles. The van der Waals surface area contributed by atoms with Crippen LogP contribution in [0.2, 0.25) is 0 Å². The van der Waals surface area contributed by atoms with Crippen LogP contribution in [0, 0.1) is 0 Å². The second-order valence-corrected chi connectivity index (χ2v) is 11.4. The predicted octanol–water partition coefficient (Wildman–Crippen LogP) is 1.90. The van der Waals surface area contributed by atoms with Gasteiger partial charge in [-0.05, 0) is 0 Å². The third kappa shape index (κ3) is 3.59. The minimum atomic E-state index is 0.231. The molecule has 0 spiro atoms. The second kappa shape index (κ2) is 7.39. The molecular formula is C18H16O2Se2. The fourth-order valence-electron chi connectivity index (χ4n) is 2.47. The van der Waals surface area contributed by atoms with Gasteiger partial charge in [0, 0.05) is 0 Å². The summed E-state index contributed by atoms with van der Waals surface area (Å²) < 4.78 is 2.37. The summed E-state index contributed by atoms with van der Waals surface area (Å²) in [4.78, 5) is 24.8. The molecule has 22 heavy (non-hydrogen) atoms. The van der Waals surface area contributed by atoms with Crippen LogP contribution in [-0.4, -0.2) is 37.8 Å². The zero-order valence-electron chi connectivity index (χ0n) is 12.1. The number of carbonyl (C=O) groups is 2. The van der Waals surface area contributed by atoms with Crippen LogP contribution in [0.25, 0.3) is 0 Å². The Balaban J connectivity index is 1.96. The molecule has 0 aliphatic carbocycles. The van der Waals surface area contributed by atoms with Crippen LogP contribution in [-0.2, 0) is 0 Å². The first-order valence-corrected chi connectivity index (χ1v) is 13.4. The van der Waals surface area contributed by atoms with E-state index in [0.717, 1.165) is 24.0 Å². The normalized spacial score (nSPS) is 16.2. The molecular weight excluding hydrogens is 406 g/mol. The molecule has 3 rings (SSSR count). The van der Waals surface area contributed by atoms with Gasteiger partial charge < -0.3 is 0 Å². The molecule has 4 heteroatoms. The Morgan fingerprint density at radius 2 is 1.05 bits per heavy atom. The van der Waals surface area contributed by atoms with E-state index in [4.69, 9.17) is 0 Å². The first-order valence-electron chi connectivity index (χ1n) is 7.34. The molecule has 2 aromatic carbocycles. The standard InChI is InChI=1S/C18H16O2Se2/c19-15-9-3-4-10-16(20)14-8-2-6-12-18(14)22-21-17-11-5-1-7-13(15)17/h1-2,5-8,11-12H,3-4,9-10H2. The minimum absolute atomic E-state index is 0.231. The third-order valence-corrected chi connectivity index (χ3v) is 10.9. The molecule has 112 valence electrons. The van der Waals surface area contributed by atoms with Gasteiger partial charge in [-0.3, -0.25) is 0 Å². The van der Waals surface area contributed by atoms with Gasteiger partial charge in [-0.1, -0.05) is 0 Å². The molecule has 0 radical (unpaired) electrons. The fourth-order valence-corrected chi connectivity index (χ4v) is 9.68. The Bertz CT molecular complexity index is 648. The summed E-state index contributed by atoms with van der Waals surface area (Å²) in [6.45, 7) is 0. The predicted molar refractivity (Wildman–Crippen MR) is 90.8 cm³/mol. The number of carbonyl (C=O) groups excluding carboxylic acids is 2. The van der Waals surface area contributed by atoms with Crippen molar-refractivity contribution in [3.05, 3.63) is 59.7 Å². The number of Topliss-reactive ketones (excluding diaryl/α,β-unsaturated/α-hetero) is 2. The van der Waals surface area contributed by atoms with E-state index in [-0.39, 0.29) is 37.8 Å². The molecule has 1 aliphatic heterocycles. The van der Waals surface area contributed by atoms with Crippen LogP contribution in [0.3, 0.4) is 0 Å². The SMILES string of the molecule is O=C1CCCCC(=O)c2ccccc2[Se][Se]c2ccccc21. The molecule has 0 N–H and O–H groups in total. The summed E-state index contributed by atoms with van der Waals surface area (Å²) in [5.41, 5.74) is 1.79. The fraction of sp³-hybridized carbons (Fsp3) is 0.222. The summed E-state index contributed by atoms with van der Waals surface area (Å²) >= 11 is 0.462. The molecule has 0 amide bonds. The van der Waals surface area contributed by atoms with Gasteiger partial charge in [-0.25, -0.2) is 0 Å². The third-order valence-electron chi connectivity index (χ3n) is 3.65. The summed E-state index contributed by atoms with van der Waals surface area (Å²) in [5.74, 6) is 0.462. The first kappa shape index (κ1) is 15.7. The topological polar surface area (TPSA) is 34.1 Å². The Morgan fingerprint density at radius 3 is 1.50 bits per heavy atom. The van der Waals surface area contributed by atoms with E-state index in [1.807, 2.05) is 36.4 Å². The number of ketones is 2. The Labute approximate surface area is 141 Å². The molecule has 0 saturated heterocycles. The van der Waals surface area contributed by atoms with Gasteiger partial charge in [-0.15, -0.1) is 0 Å². The van der Waals surface area contributed by atoms with Crippen molar-refractivity contribution in [1.29, 1.82) is 0 Å². The van der Waals surface area contributed by atoms with Crippen LogP contribution in [0.1, 0.15) is 46.4 Å². The van der Waals surface area contributed by atoms with Crippen molar-refractivity contribution in [3.8, 4) is 0 Å². The van der Waals surface area contributed by atoms with Gasteiger partial charge >= 0.3 is 142 Å². The molecule has 0 unspecified atom stereocenters. The molecule has 1 aliphatic rings. The molecule has 2 aromatic rings. The summed E-state index contributed by atoms with van der Waals surface area (Å²) in [5, 5.41) is 0. The monoisotopic (exact) mass is 424 g/mol. The maximum atomic E-state index is 12.4. The number of fused-ring (bicyclic) bond motifs is 2. The van der Waals surface area contributed by atoms with Crippen LogP contribution in [0.15, 0.2) is 48.5 Å². The second-order valence-electron chi connectivity index (χ2n) is 5.21. The molecule has 0 fully saturated rings. The van der Waals surface area contributed by atoms with Gasteiger partial charge in [0.25, 0.3) is 0 Å². The van der Waals surface area contributed by atoms with Crippen LogP contribution in [0.4, 0.5) is 0 Å². The van der Waals surface area contributed by atoms with E-state index in [1.165, 1.54) is 8.92 Å². The van der Waals surface area contributed by atoms with Crippen molar-refractivity contribution in [2.75, 3.05) is 0 Å². The van der Waals surface area contributed by atoms with E-state index < -0.39 is 0 Å². The van der Waals surface area contributed by atoms with Crippen LogP contribution >= 0.6 is 0 Å². The number of hydrogen-bond acceptors (Lipinski definition) is 2. The molecule has 0 atom stereocenters. The van der Waals surface area contributed by atoms with E-state index in [2.05, 4.69) is 12.1 Å². The zero-order valence-corrected chi connectivity index (χ0v) is 15.5. The molecule has 0 saturated carbocycles. The Kier molecular flexibility index (Phi) is 5.28. The van der Waals surface area contributed by atoms with Crippen molar-refractivity contribution in [3.63, 3.8) is 0 Å². The number of benzene rings is 2. The first-order chi connectivity index (χ1) is 10.8. The summed E-state index contributed by atoms with van der Waals surface area (Å²) in [6.07, 6.45) is 2.68. The number of rotatable bonds is 0.